The fourth-order valence-corrected chi connectivity index (χ4v) is 5.27. The number of hydrogen-bond donors (Lipinski definition) is 8. The number of anilines is 4. The van der Waals surface area contributed by atoms with Crippen molar-refractivity contribution in [3.8, 4) is 42.5 Å². The van der Waals surface area contributed by atoms with Gasteiger partial charge in [0.1, 0.15) is 60.9 Å². The van der Waals surface area contributed by atoms with Gasteiger partial charge in [0.15, 0.2) is 51.1 Å². The highest BCUT2D eigenvalue weighted by Crippen LogP contribution is 2.25. The maximum absolute atomic E-state index is 8.92. The lowest BCUT2D eigenvalue weighted by Gasteiger charge is -1.97. The lowest BCUT2D eigenvalue weighted by atomic mass is 10.4. The van der Waals surface area contributed by atoms with E-state index in [1.54, 1.807) is 30.3 Å². The standard InChI is InChI=1S/C6Br2N4.C6H2BrN5.C6H3N5.C5H3BrN4O.C5H3BrN4.C5H4N4O.C5H4N4/c1-10-6-5(8)11-3(2-9)4(7)12-6;1-10-6-4(7)11-3(2-8)5(9)12-6;1-9-5-3-10-4(2-7)6(8)11-5;6-4-2-10(11)5(8)3(1-7)9-4;6-4-2-9-5(8)3(1-7)10-4;6-3-4-5(7)9(10)2-1-8-4;6-3-4-5(7)9-2-1-8-4/h;(H2,9,12);3H,(H2,8,11);2,8,11H;2H,(H2,8,9);1-2,7,10H;1-2H,(H2,7,9). The number of nitrogens with one attached hydrogen (secondary N) is 2. The van der Waals surface area contributed by atoms with Gasteiger partial charge in [-0.2, -0.15) is 46.3 Å². The van der Waals surface area contributed by atoms with Crippen LogP contribution in [0.5, 0.6) is 0 Å². The van der Waals surface area contributed by atoms with Gasteiger partial charge in [-0.05, 0) is 63.7 Å². The third-order valence-electron chi connectivity index (χ3n) is 6.78. The lowest BCUT2D eigenvalue weighted by molar-refractivity contribution is 0.168. The monoisotopic (exact) mass is 1320 g/mol. The number of nitrogens with two attached hydrogens (primary N) is 4. The van der Waals surface area contributed by atoms with E-state index in [0.29, 0.717) is 23.3 Å². The second kappa shape index (κ2) is 32.2. The summed E-state index contributed by atoms with van der Waals surface area (Å²) in [5.74, 6) is 0.618. The van der Waals surface area contributed by atoms with Crippen molar-refractivity contribution in [2.75, 3.05) is 22.9 Å². The predicted molar refractivity (Wildman–Crippen MR) is 269 cm³/mol. The second-order valence-corrected chi connectivity index (χ2v) is 15.3. The molecule has 7 aromatic rings. The van der Waals surface area contributed by atoms with Crippen molar-refractivity contribution in [3.63, 3.8) is 0 Å². The largest absolute Gasteiger partial charge is 0.427 e. The van der Waals surface area contributed by atoms with Crippen LogP contribution >= 0.6 is 79.6 Å². The molecule has 0 aliphatic heterocycles. The Labute approximate surface area is 461 Å². The molecule has 0 spiro atoms. The van der Waals surface area contributed by atoms with Gasteiger partial charge < -0.3 is 47.9 Å². The zero-order chi connectivity index (χ0) is 56.8. The van der Waals surface area contributed by atoms with Crippen LogP contribution in [-0.4, -0.2) is 79.7 Å². The van der Waals surface area contributed by atoms with Crippen molar-refractivity contribution < 1.29 is 10.4 Å². The SMILES string of the molecule is N#Cc1nc(Br)cn(O)c1=N.N#Cc1nc(Br)cnc1N.N#Cc1nccn(O)c1=N.N#Cc1nccnc1N.[C-]#[N+]c1cnc(C#N)c(N)n1.[C-]#[N+]c1nc(Br)c(C#N)nc1Br.[C-]#[N+]c1nc(N)c(C#N)nc1Br. The summed E-state index contributed by atoms with van der Waals surface area (Å²) >= 11 is 15.1. The zero-order valence-electron chi connectivity index (χ0n) is 36.4. The van der Waals surface area contributed by atoms with Crippen molar-refractivity contribution >= 4 is 120 Å². The van der Waals surface area contributed by atoms with Gasteiger partial charge in [-0.3, -0.25) is 15.8 Å². The van der Waals surface area contributed by atoms with Crippen LogP contribution in [0.25, 0.3) is 14.5 Å². The minimum Gasteiger partial charge on any atom is -0.427 e. The quantitative estimate of drug-likeness (QED) is 0.0766. The Morgan fingerprint density at radius 2 is 0.907 bits per heavy atom. The first kappa shape index (κ1) is 62.3. The van der Waals surface area contributed by atoms with E-state index in [2.05, 4.69) is 154 Å². The topological polar surface area (TPSA) is 536 Å². The molecule has 12 N–H and O–H groups in total. The van der Waals surface area contributed by atoms with Crippen molar-refractivity contribution in [1.82, 2.24) is 69.3 Å². The van der Waals surface area contributed by atoms with Crippen LogP contribution in [0.2, 0.25) is 0 Å². The highest BCUT2D eigenvalue weighted by Gasteiger charge is 2.13. The van der Waals surface area contributed by atoms with Crippen LogP contribution < -0.4 is 33.9 Å². The van der Waals surface area contributed by atoms with E-state index >= 15 is 0 Å². The summed E-state index contributed by atoms with van der Waals surface area (Å²) in [6, 6.07) is 12.3. The number of hydrogen-bond acceptors (Lipinski definition) is 27. The number of nitrogen functional groups attached to an aromatic ring is 4. The minimum absolute atomic E-state index is 0.000926. The molecule has 32 nitrogen and oxygen atoms in total. The Balaban J connectivity index is 0.000000438. The van der Waals surface area contributed by atoms with Crippen LogP contribution in [0.3, 0.4) is 0 Å². The molecule has 0 aliphatic carbocycles. The van der Waals surface area contributed by atoms with Crippen molar-refractivity contribution in [2.24, 2.45) is 0 Å². The van der Waals surface area contributed by atoms with Crippen molar-refractivity contribution in [2.45, 2.75) is 0 Å². The summed E-state index contributed by atoms with van der Waals surface area (Å²) in [5.41, 5.74) is 20.8. The first-order valence-electron chi connectivity index (χ1n) is 17.9. The molecule has 0 bridgehead atoms. The highest BCUT2D eigenvalue weighted by molar-refractivity contribution is 9.11. The average molecular weight is 1330 g/mol. The van der Waals surface area contributed by atoms with Crippen LogP contribution in [0.4, 0.5) is 40.7 Å². The molecule has 0 radical (unpaired) electrons. The van der Waals surface area contributed by atoms with Gasteiger partial charge in [0.05, 0.1) is 24.8 Å². The first-order chi connectivity index (χ1) is 35.6. The Hall–Kier alpha value is -10.7. The number of halogens is 5. The maximum atomic E-state index is 8.92. The molecule has 0 unspecified atom stereocenters. The number of rotatable bonds is 0. The molecular formula is C38H19Br5N30O2. The lowest BCUT2D eigenvalue weighted by Crippen LogP contribution is -2.21. The third-order valence-corrected chi connectivity index (χ3v) is 9.16. The van der Waals surface area contributed by atoms with Gasteiger partial charge in [0.25, 0.3) is 17.5 Å². The molecule has 0 saturated heterocycles. The smallest absolute Gasteiger partial charge is 0.304 e. The van der Waals surface area contributed by atoms with Gasteiger partial charge >= 0.3 is 11.6 Å². The van der Waals surface area contributed by atoms with Crippen LogP contribution in [0.1, 0.15) is 39.9 Å². The van der Waals surface area contributed by atoms with E-state index in [1.807, 2.05) is 12.1 Å². The molecule has 7 aromatic heterocycles. The molecule has 0 fully saturated rings. The Kier molecular flexibility index (Phi) is 26.7. The Morgan fingerprint density at radius 1 is 0.453 bits per heavy atom. The van der Waals surface area contributed by atoms with E-state index in [0.717, 1.165) is 0 Å². The number of aromatic nitrogens is 14. The molecule has 7 heterocycles. The van der Waals surface area contributed by atoms with Crippen molar-refractivity contribution in [3.05, 3.63) is 151 Å². The fraction of sp³-hybridized carbons (Fsp3) is 0. The van der Waals surface area contributed by atoms with E-state index < -0.39 is 0 Å². The Bertz CT molecular complexity index is 3640. The summed E-state index contributed by atoms with van der Waals surface area (Å²) in [6.07, 6.45) is 9.13. The summed E-state index contributed by atoms with van der Waals surface area (Å²) in [7, 11) is 0. The molecule has 0 amide bonds. The third kappa shape index (κ3) is 20.3. The maximum Gasteiger partial charge on any atom is 0.304 e. The van der Waals surface area contributed by atoms with Gasteiger partial charge in [0, 0.05) is 34.5 Å². The van der Waals surface area contributed by atoms with Gasteiger partial charge in [-0.25, -0.2) is 39.9 Å². The zero-order valence-corrected chi connectivity index (χ0v) is 44.3. The van der Waals surface area contributed by atoms with Crippen LogP contribution in [-0.2, 0) is 0 Å². The van der Waals surface area contributed by atoms with Gasteiger partial charge in [-0.15, -0.1) is 4.98 Å². The molecule has 7 rings (SSSR count). The Morgan fingerprint density at radius 3 is 1.39 bits per heavy atom. The number of nitriles is 7. The van der Waals surface area contributed by atoms with E-state index in [1.165, 1.54) is 43.4 Å². The van der Waals surface area contributed by atoms with Crippen LogP contribution in [0, 0.1) is 110 Å². The van der Waals surface area contributed by atoms with E-state index in [9.17, 15) is 0 Å². The molecule has 0 atom stereocenters. The summed E-state index contributed by atoms with van der Waals surface area (Å²) in [5, 5.41) is 90.5. The molecular weight excluding hydrogens is 1310 g/mol. The predicted octanol–water partition coefficient (Wildman–Crippen LogP) is 4.48. The van der Waals surface area contributed by atoms with E-state index in [-0.39, 0.29) is 101 Å². The summed E-state index contributed by atoms with van der Waals surface area (Å²) in [6.45, 7) is 19.9. The first-order valence-corrected chi connectivity index (χ1v) is 21.9. The normalized spacial score (nSPS) is 8.63. The molecule has 368 valence electrons. The van der Waals surface area contributed by atoms with Crippen molar-refractivity contribution in [1.29, 1.82) is 47.7 Å². The highest BCUT2D eigenvalue weighted by atomic mass is 79.9. The minimum atomic E-state index is -0.323. The summed E-state index contributed by atoms with van der Waals surface area (Å²) in [4.78, 5) is 53.2. The fourth-order valence-electron chi connectivity index (χ4n) is 3.57. The average Bonchev–Trinajstić information content (AvgIpc) is 3.41. The van der Waals surface area contributed by atoms with Gasteiger partial charge in [-0.1, -0.05) is 29.7 Å². The molecule has 0 aromatic carbocycles. The van der Waals surface area contributed by atoms with Gasteiger partial charge in [0.2, 0.25) is 16.0 Å². The van der Waals surface area contributed by atoms with E-state index in [4.69, 9.17) is 101 Å². The number of nitrogens with zero attached hydrogens (tertiary/aromatic N) is 24. The molecule has 0 aliphatic rings. The second-order valence-electron chi connectivity index (χ2n) is 11.4. The molecule has 0 saturated carbocycles. The molecule has 37 heteroatoms. The van der Waals surface area contributed by atoms with Crippen LogP contribution in [0.15, 0.2) is 66.4 Å². The summed E-state index contributed by atoms with van der Waals surface area (Å²) < 4.78 is 2.70. The molecule has 75 heavy (non-hydrogen) atoms.